The number of Topliss-reactive ketones (excluding diaryl/α,β-unsaturated/α-hetero) is 1. The Kier molecular flexibility index (Phi) is 9.33. The topological polar surface area (TPSA) is 92.6 Å². The van der Waals surface area contributed by atoms with Crippen molar-refractivity contribution in [2.24, 2.45) is 0 Å². The van der Waals surface area contributed by atoms with Crippen molar-refractivity contribution in [1.82, 2.24) is 10.2 Å². The Morgan fingerprint density at radius 2 is 1.59 bits per heavy atom. The number of thioether (sulfide) groups is 1. The molecule has 5 aromatic rings. The van der Waals surface area contributed by atoms with Gasteiger partial charge in [-0.1, -0.05) is 108 Å². The number of ketones is 1. The van der Waals surface area contributed by atoms with Crippen molar-refractivity contribution in [2.45, 2.75) is 49.9 Å². The minimum atomic E-state index is -0.870. The SMILES string of the molecule is CCc1ccc(C2C(=C(O)c3ccc(OCc4ccccc4C)cc3)C(=O)C(=O)N2c2nnc(SCc3ccc(C)cc3)s2)cc1. The van der Waals surface area contributed by atoms with Crippen LogP contribution in [0.3, 0.4) is 0 Å². The van der Waals surface area contributed by atoms with Gasteiger partial charge in [-0.25, -0.2) is 0 Å². The van der Waals surface area contributed by atoms with E-state index in [1.54, 1.807) is 24.3 Å². The second-order valence-corrected chi connectivity index (χ2v) is 13.3. The van der Waals surface area contributed by atoms with Crippen LogP contribution in [-0.2, 0) is 28.4 Å². The number of ether oxygens (including phenoxy) is 1. The lowest BCUT2D eigenvalue weighted by molar-refractivity contribution is -0.132. The van der Waals surface area contributed by atoms with E-state index in [0.29, 0.717) is 38.7 Å². The van der Waals surface area contributed by atoms with E-state index in [9.17, 15) is 14.7 Å². The van der Waals surface area contributed by atoms with Gasteiger partial charge in [-0.15, -0.1) is 10.2 Å². The number of amides is 1. The molecule has 0 radical (unpaired) electrons. The van der Waals surface area contributed by atoms with Crippen molar-refractivity contribution >= 4 is 45.7 Å². The summed E-state index contributed by atoms with van der Waals surface area (Å²) in [5.41, 5.74) is 6.79. The molecule has 232 valence electrons. The lowest BCUT2D eigenvalue weighted by Crippen LogP contribution is -2.29. The first-order valence-corrected chi connectivity index (χ1v) is 16.8. The molecule has 1 unspecified atom stereocenters. The van der Waals surface area contributed by atoms with Gasteiger partial charge in [0, 0.05) is 11.3 Å². The number of benzene rings is 4. The highest BCUT2D eigenvalue weighted by molar-refractivity contribution is 8.00. The van der Waals surface area contributed by atoms with E-state index >= 15 is 0 Å². The molecule has 9 heteroatoms. The van der Waals surface area contributed by atoms with Crippen LogP contribution < -0.4 is 9.64 Å². The monoisotopic (exact) mass is 647 g/mol. The molecule has 2 heterocycles. The number of rotatable bonds is 10. The van der Waals surface area contributed by atoms with Crippen molar-refractivity contribution < 1.29 is 19.4 Å². The number of anilines is 1. The Balaban J connectivity index is 1.30. The van der Waals surface area contributed by atoms with Gasteiger partial charge < -0.3 is 9.84 Å². The molecule has 1 aliphatic heterocycles. The fourth-order valence-corrected chi connectivity index (χ4v) is 7.09. The fourth-order valence-electron chi connectivity index (χ4n) is 5.27. The third-order valence-electron chi connectivity index (χ3n) is 8.02. The Labute approximate surface area is 276 Å². The molecule has 0 saturated carbocycles. The number of nitrogens with zero attached hydrogens (tertiary/aromatic N) is 3. The summed E-state index contributed by atoms with van der Waals surface area (Å²) in [5.74, 6) is -0.465. The van der Waals surface area contributed by atoms with Crippen LogP contribution >= 0.6 is 23.1 Å². The first-order valence-electron chi connectivity index (χ1n) is 15.0. The Morgan fingerprint density at radius 3 is 2.28 bits per heavy atom. The van der Waals surface area contributed by atoms with Gasteiger partial charge >= 0.3 is 5.91 Å². The molecule has 6 rings (SSSR count). The van der Waals surface area contributed by atoms with Crippen LogP contribution in [0.1, 0.15) is 51.9 Å². The maximum Gasteiger partial charge on any atom is 0.301 e. The predicted octanol–water partition coefficient (Wildman–Crippen LogP) is 8.21. The largest absolute Gasteiger partial charge is 0.507 e. The minimum Gasteiger partial charge on any atom is -0.507 e. The summed E-state index contributed by atoms with van der Waals surface area (Å²) in [7, 11) is 0. The third-order valence-corrected chi connectivity index (χ3v) is 10.1. The average molecular weight is 648 g/mol. The van der Waals surface area contributed by atoms with E-state index < -0.39 is 17.7 Å². The lowest BCUT2D eigenvalue weighted by Gasteiger charge is -2.22. The fraction of sp³-hybridized carbons (Fsp3) is 0.189. The molecule has 0 aliphatic carbocycles. The molecule has 1 aliphatic rings. The van der Waals surface area contributed by atoms with Gasteiger partial charge in [-0.05, 0) is 72.4 Å². The molecular formula is C37H33N3O4S2. The van der Waals surface area contributed by atoms with Crippen molar-refractivity contribution in [1.29, 1.82) is 0 Å². The summed E-state index contributed by atoms with van der Waals surface area (Å²) in [6, 6.07) is 30.0. The summed E-state index contributed by atoms with van der Waals surface area (Å²) in [6.45, 7) is 6.55. The Bertz CT molecular complexity index is 1900. The van der Waals surface area contributed by atoms with E-state index in [0.717, 1.165) is 28.7 Å². The minimum absolute atomic E-state index is 0.00638. The molecule has 0 spiro atoms. The summed E-state index contributed by atoms with van der Waals surface area (Å²) in [5, 5.41) is 20.5. The van der Waals surface area contributed by atoms with E-state index in [1.165, 1.54) is 33.6 Å². The van der Waals surface area contributed by atoms with Crippen molar-refractivity contribution in [2.75, 3.05) is 4.90 Å². The average Bonchev–Trinajstić information content (AvgIpc) is 3.65. The number of carbonyl (C=O) groups excluding carboxylic acids is 2. The van der Waals surface area contributed by atoms with Crippen LogP contribution in [0, 0.1) is 13.8 Å². The number of aliphatic hydroxyl groups excluding tert-OH is 1. The van der Waals surface area contributed by atoms with Crippen LogP contribution in [0.2, 0.25) is 0 Å². The second-order valence-electron chi connectivity index (χ2n) is 11.1. The summed E-state index contributed by atoms with van der Waals surface area (Å²) < 4.78 is 6.65. The highest BCUT2D eigenvalue weighted by Gasteiger charge is 2.48. The van der Waals surface area contributed by atoms with Crippen LogP contribution in [0.5, 0.6) is 5.75 Å². The zero-order valence-electron chi connectivity index (χ0n) is 25.8. The van der Waals surface area contributed by atoms with Gasteiger partial charge in [0.05, 0.1) is 11.6 Å². The van der Waals surface area contributed by atoms with Crippen LogP contribution in [-0.4, -0.2) is 27.0 Å². The Hall–Kier alpha value is -4.73. The summed E-state index contributed by atoms with van der Waals surface area (Å²) >= 11 is 2.77. The van der Waals surface area contributed by atoms with Gasteiger partial charge in [-0.3, -0.25) is 14.5 Å². The normalized spacial score (nSPS) is 15.8. The Morgan fingerprint density at radius 1 is 0.891 bits per heavy atom. The van der Waals surface area contributed by atoms with E-state index in [2.05, 4.69) is 41.4 Å². The van der Waals surface area contributed by atoms with E-state index in [4.69, 9.17) is 4.74 Å². The van der Waals surface area contributed by atoms with Gasteiger partial charge in [0.1, 0.15) is 18.1 Å². The zero-order chi connectivity index (χ0) is 32.2. The molecule has 1 amide bonds. The third kappa shape index (κ3) is 6.61. The van der Waals surface area contributed by atoms with Gasteiger partial charge in [0.15, 0.2) is 4.34 Å². The quantitative estimate of drug-likeness (QED) is 0.0537. The van der Waals surface area contributed by atoms with Gasteiger partial charge in [0.25, 0.3) is 5.78 Å². The lowest BCUT2D eigenvalue weighted by atomic mass is 9.94. The molecule has 46 heavy (non-hydrogen) atoms. The zero-order valence-corrected chi connectivity index (χ0v) is 27.4. The second kappa shape index (κ2) is 13.7. The maximum absolute atomic E-state index is 13.6. The highest BCUT2D eigenvalue weighted by Crippen LogP contribution is 2.44. The standard InChI is InChI=1S/C37H33N3O4S2/c1-4-25-13-15-27(16-14-25)32-31(33(41)28-17-19-30(20-18-28)44-21-29-8-6-5-7-24(29)3)34(42)35(43)40(32)36-38-39-37(46-36)45-22-26-11-9-23(2)10-12-26/h5-20,32,41H,4,21-22H2,1-3H3. The smallest absolute Gasteiger partial charge is 0.301 e. The van der Waals surface area contributed by atoms with Gasteiger partial charge in [-0.2, -0.15) is 0 Å². The van der Waals surface area contributed by atoms with Crippen molar-refractivity contribution in [3.8, 4) is 5.75 Å². The van der Waals surface area contributed by atoms with Crippen LogP contribution in [0.25, 0.3) is 5.76 Å². The number of aryl methyl sites for hydroxylation is 3. The number of aromatic nitrogens is 2. The molecule has 1 fully saturated rings. The van der Waals surface area contributed by atoms with E-state index in [1.807, 2.05) is 62.4 Å². The van der Waals surface area contributed by atoms with Crippen molar-refractivity contribution in [3.63, 3.8) is 0 Å². The summed E-state index contributed by atoms with van der Waals surface area (Å²) in [6.07, 6.45) is 0.844. The first kappa shape index (κ1) is 31.3. The van der Waals surface area contributed by atoms with E-state index in [-0.39, 0.29) is 11.3 Å². The first-order chi connectivity index (χ1) is 22.3. The number of hydrogen-bond acceptors (Lipinski definition) is 8. The predicted molar refractivity (Wildman–Crippen MR) is 183 cm³/mol. The number of hydrogen-bond donors (Lipinski definition) is 1. The molecule has 1 N–H and O–H groups in total. The summed E-state index contributed by atoms with van der Waals surface area (Å²) in [4.78, 5) is 28.6. The molecule has 1 saturated heterocycles. The molecule has 4 aromatic carbocycles. The number of carbonyl (C=O) groups is 2. The molecular weight excluding hydrogens is 615 g/mol. The number of aliphatic hydroxyl groups is 1. The molecule has 1 aromatic heterocycles. The van der Waals surface area contributed by atoms with Crippen LogP contribution in [0.15, 0.2) is 107 Å². The maximum atomic E-state index is 13.6. The molecule has 0 bridgehead atoms. The molecule has 7 nitrogen and oxygen atoms in total. The highest BCUT2D eigenvalue weighted by atomic mass is 32.2. The molecule has 1 atom stereocenters. The van der Waals surface area contributed by atoms with Gasteiger partial charge in [0.2, 0.25) is 5.13 Å². The van der Waals surface area contributed by atoms with Crippen molar-refractivity contribution in [3.05, 3.63) is 142 Å². The van der Waals surface area contributed by atoms with Crippen LogP contribution in [0.4, 0.5) is 5.13 Å².